The highest BCUT2D eigenvalue weighted by atomic mass is 32.9. The Morgan fingerprint density at radius 1 is 0.944 bits per heavy atom. The molecule has 0 atom stereocenters. The van der Waals surface area contributed by atoms with Gasteiger partial charge < -0.3 is 9.05 Å². The molecule has 0 aromatic carbocycles. The van der Waals surface area contributed by atoms with Gasteiger partial charge in [0.2, 0.25) is 5.69 Å². The second-order valence-corrected chi connectivity index (χ2v) is 12.7. The first-order chi connectivity index (χ1) is 7.97. The molecule has 0 unspecified atom stereocenters. The van der Waals surface area contributed by atoms with Crippen molar-refractivity contribution in [2.45, 2.75) is 78.9 Å². The van der Waals surface area contributed by atoms with Crippen molar-refractivity contribution in [3.05, 3.63) is 0 Å². The predicted octanol–water partition coefficient (Wildman–Crippen LogP) is 5.76. The molecule has 0 N–H and O–H groups in total. The molecule has 2 nitrogen and oxygen atoms in total. The SMILES string of the molecule is CCCCCSP(=S)(OC(C)(C)C)OC(C)(C)C. The minimum absolute atomic E-state index is 0.251. The molecule has 0 aromatic heterocycles. The van der Waals surface area contributed by atoms with Crippen molar-refractivity contribution < 1.29 is 9.05 Å². The summed E-state index contributed by atoms with van der Waals surface area (Å²) in [7, 11) is 0. The van der Waals surface area contributed by atoms with Crippen LogP contribution in [-0.4, -0.2) is 17.0 Å². The molecule has 0 aromatic rings. The molecule has 0 fully saturated rings. The minimum Gasteiger partial charge on any atom is -0.316 e. The molecule has 0 bridgehead atoms. The van der Waals surface area contributed by atoms with Gasteiger partial charge in [0, 0.05) is 5.75 Å². The van der Waals surface area contributed by atoms with E-state index in [0.717, 1.165) is 5.75 Å². The number of hydrogen-bond acceptors (Lipinski definition) is 4. The van der Waals surface area contributed by atoms with Gasteiger partial charge in [0.25, 0.3) is 0 Å². The average molecular weight is 312 g/mol. The smallest absolute Gasteiger partial charge is 0.248 e. The first kappa shape index (κ1) is 18.9. The Hall–Kier alpha value is 0.920. The van der Waals surface area contributed by atoms with Gasteiger partial charge in [0.05, 0.1) is 11.2 Å². The highest BCUT2D eigenvalue weighted by Crippen LogP contribution is 2.65. The Bertz CT molecular complexity index is 260. The normalized spacial score (nSPS) is 13.9. The molecule has 0 saturated carbocycles. The third-order valence-corrected chi connectivity index (χ3v) is 7.44. The summed E-state index contributed by atoms with van der Waals surface area (Å²) in [6.45, 7) is 14.4. The Morgan fingerprint density at radius 2 is 1.39 bits per heavy atom. The highest BCUT2D eigenvalue weighted by Gasteiger charge is 2.31. The van der Waals surface area contributed by atoms with E-state index in [2.05, 4.69) is 6.92 Å². The fraction of sp³-hybridized carbons (Fsp3) is 1.00. The first-order valence-electron chi connectivity index (χ1n) is 6.63. The van der Waals surface area contributed by atoms with Gasteiger partial charge in [-0.25, -0.2) is 0 Å². The van der Waals surface area contributed by atoms with Crippen LogP contribution < -0.4 is 0 Å². The van der Waals surface area contributed by atoms with E-state index in [9.17, 15) is 0 Å². The molecule has 0 saturated heterocycles. The first-order valence-corrected chi connectivity index (χ1v) is 10.9. The van der Waals surface area contributed by atoms with E-state index in [1.165, 1.54) is 19.3 Å². The zero-order valence-corrected chi connectivity index (χ0v) is 15.4. The second kappa shape index (κ2) is 7.64. The highest BCUT2D eigenvalue weighted by molar-refractivity contribution is 8.67. The number of rotatable bonds is 7. The van der Waals surface area contributed by atoms with E-state index >= 15 is 0 Å². The molecule has 0 aliphatic carbocycles. The third kappa shape index (κ3) is 10.8. The van der Waals surface area contributed by atoms with E-state index < -0.39 is 5.69 Å². The van der Waals surface area contributed by atoms with E-state index in [-0.39, 0.29) is 11.2 Å². The fourth-order valence-electron chi connectivity index (χ4n) is 1.27. The summed E-state index contributed by atoms with van der Waals surface area (Å²) in [5, 5.41) is 0. The van der Waals surface area contributed by atoms with Crippen LogP contribution in [0.1, 0.15) is 67.7 Å². The van der Waals surface area contributed by atoms with Gasteiger partial charge >= 0.3 is 0 Å². The van der Waals surface area contributed by atoms with Gasteiger partial charge in [-0.1, -0.05) is 31.1 Å². The summed E-state index contributed by atoms with van der Waals surface area (Å²) in [5.74, 6) is 1.03. The largest absolute Gasteiger partial charge is 0.316 e. The third-order valence-electron chi connectivity index (χ3n) is 1.77. The topological polar surface area (TPSA) is 18.5 Å². The average Bonchev–Trinajstić information content (AvgIpc) is 2.05. The summed E-state index contributed by atoms with van der Waals surface area (Å²) in [5.41, 5.74) is -2.76. The van der Waals surface area contributed by atoms with Crippen molar-refractivity contribution >= 4 is 28.9 Å². The standard InChI is InChI=1S/C13H29O2PS2/c1-8-9-10-11-18-16(17,14-12(2,3)4)15-13(5,6)7/h8-11H2,1-7H3. The summed E-state index contributed by atoms with van der Waals surface area (Å²) >= 11 is 7.38. The summed E-state index contributed by atoms with van der Waals surface area (Å²) in [4.78, 5) is 0. The predicted molar refractivity (Wildman–Crippen MR) is 87.9 cm³/mol. The van der Waals surface area contributed by atoms with Crippen LogP contribution in [-0.2, 0) is 20.9 Å². The Morgan fingerprint density at radius 3 is 1.72 bits per heavy atom. The van der Waals surface area contributed by atoms with Gasteiger partial charge in [0.15, 0.2) is 0 Å². The molecule has 0 rings (SSSR count). The van der Waals surface area contributed by atoms with E-state index in [1.54, 1.807) is 11.4 Å². The Balaban J connectivity index is 4.56. The van der Waals surface area contributed by atoms with Crippen LogP contribution in [0.5, 0.6) is 0 Å². The molecular weight excluding hydrogens is 283 g/mol. The van der Waals surface area contributed by atoms with Gasteiger partial charge in [-0.3, -0.25) is 0 Å². The van der Waals surface area contributed by atoms with Crippen molar-refractivity contribution in [3.8, 4) is 0 Å². The van der Waals surface area contributed by atoms with E-state index in [1.807, 2.05) is 41.5 Å². The molecule has 0 aliphatic heterocycles. The lowest BCUT2D eigenvalue weighted by Crippen LogP contribution is -2.22. The van der Waals surface area contributed by atoms with Crippen molar-refractivity contribution in [2.24, 2.45) is 0 Å². The van der Waals surface area contributed by atoms with Crippen molar-refractivity contribution in [2.75, 3.05) is 5.75 Å². The number of unbranched alkanes of at least 4 members (excludes halogenated alkanes) is 2. The summed E-state index contributed by atoms with van der Waals surface area (Å²) in [6.07, 6.45) is 3.65. The number of hydrogen-bond donors (Lipinski definition) is 0. The van der Waals surface area contributed by atoms with Gasteiger partial charge in [0.1, 0.15) is 0 Å². The van der Waals surface area contributed by atoms with Crippen LogP contribution in [0.4, 0.5) is 0 Å². The van der Waals surface area contributed by atoms with Crippen molar-refractivity contribution in [1.82, 2.24) is 0 Å². The van der Waals surface area contributed by atoms with Crippen LogP contribution in [0.15, 0.2) is 0 Å². The fourth-order valence-corrected chi connectivity index (χ4v) is 8.04. The Kier molecular flexibility index (Phi) is 8.03. The monoisotopic (exact) mass is 312 g/mol. The Labute approximate surface area is 123 Å². The van der Waals surface area contributed by atoms with Crippen molar-refractivity contribution in [1.29, 1.82) is 0 Å². The maximum atomic E-state index is 6.05. The zero-order chi connectivity index (χ0) is 14.4. The van der Waals surface area contributed by atoms with Gasteiger partial charge in [-0.05, 0) is 59.8 Å². The van der Waals surface area contributed by atoms with Gasteiger partial charge in [-0.2, -0.15) is 0 Å². The molecule has 110 valence electrons. The van der Waals surface area contributed by atoms with E-state index in [0.29, 0.717) is 0 Å². The zero-order valence-electron chi connectivity index (χ0n) is 12.9. The van der Waals surface area contributed by atoms with Crippen LogP contribution >= 0.6 is 17.1 Å². The molecule has 18 heavy (non-hydrogen) atoms. The van der Waals surface area contributed by atoms with Crippen LogP contribution in [0.2, 0.25) is 0 Å². The lowest BCUT2D eigenvalue weighted by molar-refractivity contribution is 0.0795. The van der Waals surface area contributed by atoms with Crippen molar-refractivity contribution in [3.63, 3.8) is 0 Å². The van der Waals surface area contributed by atoms with Crippen LogP contribution in [0.25, 0.3) is 0 Å². The molecule has 0 aliphatic rings. The molecular formula is C13H29O2PS2. The summed E-state index contributed by atoms with van der Waals surface area (Å²) < 4.78 is 12.1. The molecule has 5 heteroatoms. The van der Waals surface area contributed by atoms with E-state index in [4.69, 9.17) is 20.9 Å². The maximum absolute atomic E-state index is 6.05. The minimum atomic E-state index is -2.25. The summed E-state index contributed by atoms with van der Waals surface area (Å²) in [6, 6.07) is 0. The molecule has 0 amide bonds. The molecule has 0 spiro atoms. The van der Waals surface area contributed by atoms with Gasteiger partial charge in [-0.15, -0.1) is 0 Å². The van der Waals surface area contributed by atoms with Crippen LogP contribution in [0, 0.1) is 0 Å². The maximum Gasteiger partial charge on any atom is 0.248 e. The lowest BCUT2D eigenvalue weighted by atomic mass is 10.2. The quantitative estimate of drug-likeness (QED) is 0.439. The second-order valence-electron chi connectivity index (χ2n) is 6.39. The van der Waals surface area contributed by atoms with Crippen LogP contribution in [0.3, 0.4) is 0 Å². The lowest BCUT2D eigenvalue weighted by Gasteiger charge is -2.34. The molecule has 0 radical (unpaired) electrons. The molecule has 0 heterocycles.